The van der Waals surface area contributed by atoms with Crippen molar-refractivity contribution in [3.63, 3.8) is 0 Å². The number of H-pyrrole nitrogens is 1. The van der Waals surface area contributed by atoms with Gasteiger partial charge in [0.25, 0.3) is 0 Å². The van der Waals surface area contributed by atoms with Crippen molar-refractivity contribution < 1.29 is 14.6 Å². The van der Waals surface area contributed by atoms with Gasteiger partial charge in [-0.1, -0.05) is 24.8 Å². The molecule has 0 amide bonds. The van der Waals surface area contributed by atoms with E-state index in [0.717, 1.165) is 4.88 Å². The number of Topliss-reactive ketones (excluding diaryl/α,β-unsaturated/α-hetero) is 1. The van der Waals surface area contributed by atoms with E-state index in [1.807, 2.05) is 36.6 Å². The monoisotopic (exact) mass is 415 g/mol. The Kier molecular flexibility index (Phi) is 7.41. The van der Waals surface area contributed by atoms with Crippen LogP contribution < -0.4 is 4.74 Å². The molecule has 1 unspecified atom stereocenters. The molecule has 3 aromatic rings. The Labute approximate surface area is 171 Å². The van der Waals surface area contributed by atoms with Crippen LogP contribution in [0, 0.1) is 0 Å². The summed E-state index contributed by atoms with van der Waals surface area (Å²) < 4.78 is 5.58. The Morgan fingerprint density at radius 1 is 1.32 bits per heavy atom. The van der Waals surface area contributed by atoms with Crippen molar-refractivity contribution in [3.05, 3.63) is 58.0 Å². The maximum Gasteiger partial charge on any atom is 0.208 e. The molecule has 0 radical (unpaired) electrons. The van der Waals surface area contributed by atoms with Gasteiger partial charge in [0.15, 0.2) is 5.78 Å². The Bertz CT molecular complexity index is 905. The van der Waals surface area contributed by atoms with Gasteiger partial charge in [-0.3, -0.25) is 9.89 Å². The lowest BCUT2D eigenvalue weighted by Gasteiger charge is -2.11. The van der Waals surface area contributed by atoms with Gasteiger partial charge in [0.05, 0.1) is 6.10 Å². The predicted octanol–water partition coefficient (Wildman–Crippen LogP) is 4.16. The van der Waals surface area contributed by atoms with Crippen molar-refractivity contribution in [3.8, 4) is 5.75 Å². The molecule has 146 valence electrons. The zero-order valence-corrected chi connectivity index (χ0v) is 17.0. The molecule has 0 aliphatic carbocycles. The number of hydrogen-bond donors (Lipinski definition) is 2. The van der Waals surface area contributed by atoms with Crippen LogP contribution in [0.25, 0.3) is 12.2 Å². The van der Waals surface area contributed by atoms with Crippen LogP contribution in [-0.4, -0.2) is 44.5 Å². The molecule has 3 rings (SSSR count). The van der Waals surface area contributed by atoms with Crippen molar-refractivity contribution in [2.75, 3.05) is 12.4 Å². The van der Waals surface area contributed by atoms with Crippen LogP contribution in [0.3, 0.4) is 0 Å². The number of aliphatic hydroxyl groups excluding tert-OH is 1. The van der Waals surface area contributed by atoms with Gasteiger partial charge in [0.2, 0.25) is 5.16 Å². The minimum atomic E-state index is -0.662. The Balaban J connectivity index is 1.42. The number of thioether (sulfide) groups is 1. The van der Waals surface area contributed by atoms with E-state index in [0.29, 0.717) is 34.5 Å². The molecule has 6 nitrogen and oxygen atoms in total. The molecular weight excluding hydrogens is 394 g/mol. The van der Waals surface area contributed by atoms with E-state index in [9.17, 15) is 9.90 Å². The van der Waals surface area contributed by atoms with E-state index in [4.69, 9.17) is 4.74 Å². The molecule has 0 aliphatic rings. The van der Waals surface area contributed by atoms with Crippen molar-refractivity contribution in [1.82, 2.24) is 15.2 Å². The lowest BCUT2D eigenvalue weighted by molar-refractivity contribution is 0.0987. The molecule has 2 N–H and O–H groups in total. The van der Waals surface area contributed by atoms with Crippen molar-refractivity contribution in [2.24, 2.45) is 0 Å². The molecule has 0 fully saturated rings. The van der Waals surface area contributed by atoms with E-state index < -0.39 is 6.10 Å². The Hall–Kier alpha value is -2.42. The first-order valence-electron chi connectivity index (χ1n) is 8.85. The summed E-state index contributed by atoms with van der Waals surface area (Å²) in [4.78, 5) is 17.1. The van der Waals surface area contributed by atoms with E-state index >= 15 is 0 Å². The van der Waals surface area contributed by atoms with Gasteiger partial charge in [-0.2, -0.15) is 0 Å². The van der Waals surface area contributed by atoms with Crippen molar-refractivity contribution in [1.29, 1.82) is 0 Å². The Morgan fingerprint density at radius 2 is 2.14 bits per heavy atom. The van der Waals surface area contributed by atoms with Crippen LogP contribution in [0.5, 0.6) is 5.75 Å². The summed E-state index contributed by atoms with van der Waals surface area (Å²) in [5.41, 5.74) is 0.666. The number of hydrogen-bond acceptors (Lipinski definition) is 7. The average molecular weight is 416 g/mol. The first kappa shape index (κ1) is 20.3. The highest BCUT2D eigenvalue weighted by Crippen LogP contribution is 2.17. The third-order valence-electron chi connectivity index (χ3n) is 3.78. The minimum absolute atomic E-state index is 0.0964. The van der Waals surface area contributed by atoms with Gasteiger partial charge < -0.3 is 9.84 Å². The highest BCUT2D eigenvalue weighted by Gasteiger charge is 2.10. The molecule has 0 spiro atoms. The molecule has 1 aromatic carbocycles. The maximum atomic E-state index is 11.6. The lowest BCUT2D eigenvalue weighted by atomic mass is 10.1. The number of ether oxygens (including phenoxy) is 1. The van der Waals surface area contributed by atoms with E-state index in [1.54, 1.807) is 35.6 Å². The molecule has 0 aliphatic heterocycles. The fourth-order valence-corrected chi connectivity index (χ4v) is 3.63. The van der Waals surface area contributed by atoms with E-state index in [1.165, 1.54) is 11.8 Å². The van der Waals surface area contributed by atoms with Gasteiger partial charge in [-0.15, -0.1) is 16.4 Å². The Morgan fingerprint density at radius 3 is 2.86 bits per heavy atom. The summed E-state index contributed by atoms with van der Waals surface area (Å²) in [6, 6.07) is 11.0. The fraction of sp³-hybridized carbons (Fsp3) is 0.250. The molecule has 8 heteroatoms. The molecule has 1 atom stereocenters. The number of benzene rings is 1. The molecule has 2 heterocycles. The number of carbonyl (C=O) groups is 1. The van der Waals surface area contributed by atoms with Gasteiger partial charge >= 0.3 is 0 Å². The molecule has 0 bridgehead atoms. The summed E-state index contributed by atoms with van der Waals surface area (Å²) in [6.45, 7) is 1.99. The second-order valence-corrected chi connectivity index (χ2v) is 7.90. The maximum absolute atomic E-state index is 11.6. The van der Waals surface area contributed by atoms with Crippen LogP contribution in [0.2, 0.25) is 0 Å². The third-order valence-corrected chi connectivity index (χ3v) is 5.61. The third kappa shape index (κ3) is 6.05. The van der Waals surface area contributed by atoms with Crippen LogP contribution in [0.4, 0.5) is 0 Å². The summed E-state index contributed by atoms with van der Waals surface area (Å²) in [5, 5.41) is 19.7. The lowest BCUT2D eigenvalue weighted by Crippen LogP contribution is -2.20. The van der Waals surface area contributed by atoms with Gasteiger partial charge in [-0.05, 0) is 47.9 Å². The van der Waals surface area contributed by atoms with E-state index in [-0.39, 0.29) is 12.4 Å². The minimum Gasteiger partial charge on any atom is -0.491 e. The molecule has 0 saturated heterocycles. The number of rotatable bonds is 10. The highest BCUT2D eigenvalue weighted by molar-refractivity contribution is 7.99. The van der Waals surface area contributed by atoms with Crippen LogP contribution in [-0.2, 0) is 0 Å². The van der Waals surface area contributed by atoms with Crippen LogP contribution in [0.15, 0.2) is 46.9 Å². The SMILES string of the molecule is CCC(=O)c1ccc(OCC(O)CSc2n[nH]c(C=Cc3cccs3)n2)cc1. The summed E-state index contributed by atoms with van der Waals surface area (Å²) in [5.74, 6) is 1.80. The molecule has 2 aromatic heterocycles. The smallest absolute Gasteiger partial charge is 0.208 e. The average Bonchev–Trinajstić information content (AvgIpc) is 3.40. The van der Waals surface area contributed by atoms with Gasteiger partial charge in [-0.25, -0.2) is 4.98 Å². The zero-order chi connectivity index (χ0) is 19.8. The second-order valence-electron chi connectivity index (χ2n) is 5.93. The topological polar surface area (TPSA) is 88.1 Å². The van der Waals surface area contributed by atoms with Crippen molar-refractivity contribution in [2.45, 2.75) is 24.6 Å². The van der Waals surface area contributed by atoms with Gasteiger partial charge in [0.1, 0.15) is 18.2 Å². The molecule has 0 saturated carbocycles. The van der Waals surface area contributed by atoms with Crippen molar-refractivity contribution >= 4 is 41.0 Å². The summed E-state index contributed by atoms with van der Waals surface area (Å²) in [7, 11) is 0. The zero-order valence-electron chi connectivity index (χ0n) is 15.4. The normalized spacial score (nSPS) is 12.4. The van der Waals surface area contributed by atoms with Crippen LogP contribution in [0.1, 0.15) is 34.4 Å². The first-order chi connectivity index (χ1) is 13.6. The largest absolute Gasteiger partial charge is 0.491 e. The number of ketones is 1. The summed E-state index contributed by atoms with van der Waals surface area (Å²) >= 11 is 3.01. The van der Waals surface area contributed by atoms with Crippen LogP contribution >= 0.6 is 23.1 Å². The quantitative estimate of drug-likeness (QED) is 0.382. The molecular formula is C20H21N3O3S2. The predicted molar refractivity (Wildman–Crippen MR) is 113 cm³/mol. The standard InChI is InChI=1S/C20H21N3O3S2/c1-2-18(25)14-5-7-16(8-6-14)26-12-15(24)13-28-20-21-19(22-23-20)10-9-17-4-3-11-27-17/h3-11,15,24H,2,12-13H2,1H3,(H,21,22,23). The number of aromatic amines is 1. The number of aromatic nitrogens is 3. The highest BCUT2D eigenvalue weighted by atomic mass is 32.2. The first-order valence-corrected chi connectivity index (χ1v) is 10.7. The van der Waals surface area contributed by atoms with Gasteiger partial charge in [0, 0.05) is 22.6 Å². The number of aliphatic hydroxyl groups is 1. The summed E-state index contributed by atoms with van der Waals surface area (Å²) in [6.07, 6.45) is 3.66. The van der Waals surface area contributed by atoms with E-state index in [2.05, 4.69) is 15.2 Å². The number of thiophene rings is 1. The number of nitrogens with one attached hydrogen (secondary N) is 1. The molecule has 28 heavy (non-hydrogen) atoms. The number of carbonyl (C=O) groups excluding carboxylic acids is 1. The second kappa shape index (κ2) is 10.2. The number of nitrogens with zero attached hydrogens (tertiary/aromatic N) is 2. The fourth-order valence-electron chi connectivity index (χ4n) is 2.30.